The molecule has 0 fully saturated rings. The Balaban J connectivity index is 2.12. The average molecular weight is 423 g/mol. The molecule has 0 aliphatic heterocycles. The van der Waals surface area contributed by atoms with Gasteiger partial charge in [0.05, 0.1) is 24.0 Å². The van der Waals surface area contributed by atoms with E-state index in [0.29, 0.717) is 5.75 Å². The number of alkyl halides is 3. The molecular formula is C20H20F3N3O2S. The molecule has 1 aromatic carbocycles. The Labute approximate surface area is 171 Å². The minimum absolute atomic E-state index is 0.0511. The Bertz CT molecular complexity index is 923. The number of halogens is 3. The van der Waals surface area contributed by atoms with Crippen LogP contribution in [0.25, 0.3) is 0 Å². The summed E-state index contributed by atoms with van der Waals surface area (Å²) in [5.74, 6) is 0.169. The van der Waals surface area contributed by atoms with Crippen LogP contribution in [0.15, 0.2) is 29.3 Å². The number of pyridine rings is 1. The van der Waals surface area contributed by atoms with Gasteiger partial charge in [-0.1, -0.05) is 30.8 Å². The number of nitrogens with one attached hydrogen (secondary N) is 1. The molecule has 29 heavy (non-hydrogen) atoms. The van der Waals surface area contributed by atoms with E-state index in [1.54, 1.807) is 44.4 Å². The number of aromatic nitrogens is 1. The molecule has 0 saturated carbocycles. The molecule has 154 valence electrons. The van der Waals surface area contributed by atoms with Crippen LogP contribution in [0.2, 0.25) is 0 Å². The van der Waals surface area contributed by atoms with E-state index in [1.165, 1.54) is 6.92 Å². The minimum Gasteiger partial charge on any atom is -0.497 e. The lowest BCUT2D eigenvalue weighted by Crippen LogP contribution is -2.24. The van der Waals surface area contributed by atoms with E-state index >= 15 is 0 Å². The lowest BCUT2D eigenvalue weighted by molar-refractivity contribution is -0.138. The molecule has 1 heterocycles. The summed E-state index contributed by atoms with van der Waals surface area (Å²) >= 11 is 0.824. The van der Waals surface area contributed by atoms with E-state index in [4.69, 9.17) is 4.74 Å². The largest absolute Gasteiger partial charge is 0.497 e. The third-order valence-corrected chi connectivity index (χ3v) is 5.20. The molecule has 1 aromatic heterocycles. The van der Waals surface area contributed by atoms with Crippen molar-refractivity contribution >= 4 is 17.7 Å². The van der Waals surface area contributed by atoms with Gasteiger partial charge in [0.15, 0.2) is 0 Å². The molecule has 0 bridgehead atoms. The second-order valence-corrected chi connectivity index (χ2v) is 7.08. The number of nitrogens with zero attached hydrogens (tertiary/aromatic N) is 2. The normalized spacial score (nSPS) is 11.1. The fourth-order valence-corrected chi connectivity index (χ4v) is 3.57. The third-order valence-electron chi connectivity index (χ3n) is 4.23. The fraction of sp³-hybridized carbons (Fsp3) is 0.350. The van der Waals surface area contributed by atoms with E-state index in [-0.39, 0.29) is 40.9 Å². The summed E-state index contributed by atoms with van der Waals surface area (Å²) in [6.45, 7) is 3.27. The Morgan fingerprint density at radius 2 is 1.97 bits per heavy atom. The van der Waals surface area contributed by atoms with Gasteiger partial charge in [0.25, 0.3) is 0 Å². The van der Waals surface area contributed by atoms with E-state index in [0.717, 1.165) is 17.3 Å². The van der Waals surface area contributed by atoms with Gasteiger partial charge in [0.1, 0.15) is 16.8 Å². The Morgan fingerprint density at radius 3 is 2.48 bits per heavy atom. The van der Waals surface area contributed by atoms with Crippen molar-refractivity contribution in [1.29, 1.82) is 5.26 Å². The zero-order valence-electron chi connectivity index (χ0n) is 16.2. The van der Waals surface area contributed by atoms with Crippen molar-refractivity contribution in [2.75, 3.05) is 12.9 Å². The number of hydrogen-bond acceptors (Lipinski definition) is 5. The maximum Gasteiger partial charge on any atom is 0.418 e. The number of carbonyl (C=O) groups is 1. The summed E-state index contributed by atoms with van der Waals surface area (Å²) in [4.78, 5) is 16.3. The second-order valence-electron chi connectivity index (χ2n) is 6.12. The van der Waals surface area contributed by atoms with Crippen LogP contribution in [0.5, 0.6) is 5.75 Å². The highest BCUT2D eigenvalue weighted by atomic mass is 32.2. The van der Waals surface area contributed by atoms with Gasteiger partial charge in [-0.15, -0.1) is 0 Å². The van der Waals surface area contributed by atoms with Crippen molar-refractivity contribution < 1.29 is 22.7 Å². The molecule has 1 N–H and O–H groups in total. The van der Waals surface area contributed by atoms with Crippen LogP contribution in [-0.4, -0.2) is 23.8 Å². The first kappa shape index (κ1) is 22.6. The van der Waals surface area contributed by atoms with E-state index in [2.05, 4.69) is 10.3 Å². The van der Waals surface area contributed by atoms with Crippen LogP contribution in [0, 0.1) is 18.3 Å². The number of aryl methyl sites for hydroxylation is 1. The molecule has 5 nitrogen and oxygen atoms in total. The minimum atomic E-state index is -4.67. The van der Waals surface area contributed by atoms with Crippen LogP contribution in [0.1, 0.15) is 34.9 Å². The van der Waals surface area contributed by atoms with Crippen molar-refractivity contribution in [1.82, 2.24) is 10.3 Å². The molecule has 9 heteroatoms. The number of amides is 1. The van der Waals surface area contributed by atoms with Crippen molar-refractivity contribution in [3.63, 3.8) is 0 Å². The summed E-state index contributed by atoms with van der Waals surface area (Å²) in [5.41, 5.74) is -0.460. The number of thioether (sulfide) groups is 1. The molecule has 0 aliphatic carbocycles. The lowest BCUT2D eigenvalue weighted by Gasteiger charge is -2.17. The number of benzene rings is 1. The number of rotatable bonds is 7. The van der Waals surface area contributed by atoms with Gasteiger partial charge in [-0.2, -0.15) is 18.4 Å². The zero-order chi connectivity index (χ0) is 21.6. The summed E-state index contributed by atoms with van der Waals surface area (Å²) in [7, 11) is 1.55. The first-order valence-corrected chi connectivity index (χ1v) is 9.73. The standard InChI is InChI=1S/C20H20F3N3O2S/c1-4-16-12(2)18(20(21,22)23)15(9-24)19(26-16)29-11-17(27)25-10-13-5-7-14(28-3)8-6-13/h5-8H,4,10-11H2,1-3H3,(H,25,27). The monoisotopic (exact) mass is 423 g/mol. The average Bonchev–Trinajstić information content (AvgIpc) is 2.70. The van der Waals surface area contributed by atoms with Gasteiger partial charge in [-0.3, -0.25) is 4.79 Å². The highest BCUT2D eigenvalue weighted by Crippen LogP contribution is 2.38. The van der Waals surface area contributed by atoms with Crippen LogP contribution < -0.4 is 10.1 Å². The topological polar surface area (TPSA) is 75.0 Å². The molecular weight excluding hydrogens is 403 g/mol. The quantitative estimate of drug-likeness (QED) is 0.674. The number of hydrogen-bond donors (Lipinski definition) is 1. The van der Waals surface area contributed by atoms with Gasteiger partial charge in [0, 0.05) is 12.2 Å². The van der Waals surface area contributed by atoms with Gasteiger partial charge in [0.2, 0.25) is 5.91 Å². The SMILES string of the molecule is CCc1nc(SCC(=O)NCc2ccc(OC)cc2)c(C#N)c(C(F)(F)F)c1C. The van der Waals surface area contributed by atoms with E-state index in [9.17, 15) is 23.2 Å². The van der Waals surface area contributed by atoms with E-state index in [1.807, 2.05) is 0 Å². The predicted molar refractivity (Wildman–Crippen MR) is 104 cm³/mol. The maximum atomic E-state index is 13.5. The Hall–Kier alpha value is -2.73. The van der Waals surface area contributed by atoms with Crippen LogP contribution in [0.3, 0.4) is 0 Å². The summed E-state index contributed by atoms with van der Waals surface area (Å²) in [5, 5.41) is 11.9. The summed E-state index contributed by atoms with van der Waals surface area (Å²) in [6.07, 6.45) is -4.38. The number of ether oxygens (including phenoxy) is 1. The number of carbonyl (C=O) groups excluding carboxylic acids is 1. The first-order valence-electron chi connectivity index (χ1n) is 8.74. The summed E-state index contributed by atoms with van der Waals surface area (Å²) in [6, 6.07) is 8.72. The van der Waals surface area contributed by atoms with Crippen molar-refractivity contribution in [3.8, 4) is 11.8 Å². The third kappa shape index (κ3) is 5.64. The highest BCUT2D eigenvalue weighted by molar-refractivity contribution is 8.00. The predicted octanol–water partition coefficient (Wildman–Crippen LogP) is 4.26. The zero-order valence-corrected chi connectivity index (χ0v) is 17.0. The fourth-order valence-electron chi connectivity index (χ4n) is 2.74. The molecule has 0 unspecified atom stereocenters. The van der Waals surface area contributed by atoms with Gasteiger partial charge in [-0.25, -0.2) is 4.98 Å². The van der Waals surface area contributed by atoms with Gasteiger partial charge in [-0.05, 0) is 36.6 Å². The van der Waals surface area contributed by atoms with Crippen LogP contribution in [-0.2, 0) is 23.9 Å². The van der Waals surface area contributed by atoms with Crippen molar-refractivity contribution in [3.05, 3.63) is 52.2 Å². The first-order chi connectivity index (χ1) is 13.7. The van der Waals surface area contributed by atoms with Crippen molar-refractivity contribution in [2.24, 2.45) is 0 Å². The molecule has 0 atom stereocenters. The lowest BCUT2D eigenvalue weighted by atomic mass is 10.0. The molecule has 2 aromatic rings. The highest BCUT2D eigenvalue weighted by Gasteiger charge is 2.38. The number of nitriles is 1. The summed E-state index contributed by atoms with van der Waals surface area (Å²) < 4.78 is 45.5. The van der Waals surface area contributed by atoms with Crippen LogP contribution in [0.4, 0.5) is 13.2 Å². The van der Waals surface area contributed by atoms with Crippen LogP contribution >= 0.6 is 11.8 Å². The molecule has 0 saturated heterocycles. The van der Waals surface area contributed by atoms with Gasteiger partial charge < -0.3 is 10.1 Å². The van der Waals surface area contributed by atoms with Gasteiger partial charge >= 0.3 is 6.18 Å². The van der Waals surface area contributed by atoms with E-state index < -0.39 is 17.3 Å². The Kier molecular flexibility index (Phi) is 7.51. The molecule has 0 aliphatic rings. The van der Waals surface area contributed by atoms with Crippen molar-refractivity contribution in [2.45, 2.75) is 38.0 Å². The smallest absolute Gasteiger partial charge is 0.418 e. The molecule has 0 spiro atoms. The molecule has 1 amide bonds. The maximum absolute atomic E-state index is 13.5. The molecule has 2 rings (SSSR count). The number of methoxy groups -OCH3 is 1. The molecule has 0 radical (unpaired) electrons. The Morgan fingerprint density at radius 1 is 1.31 bits per heavy atom. The second kappa shape index (κ2) is 9.65.